The van der Waals surface area contributed by atoms with E-state index >= 15 is 0 Å². The van der Waals surface area contributed by atoms with E-state index in [4.69, 9.17) is 0 Å². The Morgan fingerprint density at radius 3 is 2.59 bits per heavy atom. The second-order valence-corrected chi connectivity index (χ2v) is 3.87. The van der Waals surface area contributed by atoms with E-state index in [1.165, 1.54) is 18.2 Å². The van der Waals surface area contributed by atoms with Crippen LogP contribution in [0.25, 0.3) is 0 Å². The average molecular weight is 240 g/mol. The van der Waals surface area contributed by atoms with Gasteiger partial charge >= 0.3 is 0 Å². The third-order valence-corrected chi connectivity index (χ3v) is 2.56. The van der Waals surface area contributed by atoms with Crippen LogP contribution in [0, 0.1) is 17.0 Å². The minimum atomic E-state index is -1.05. The number of aryl methyl sites for hydroxylation is 1. The Balaban J connectivity index is 2.95. The fraction of sp³-hybridized carbons (Fsp3) is 0.455. The Kier molecular flexibility index (Phi) is 4.56. The first kappa shape index (κ1) is 13.6. The van der Waals surface area contributed by atoms with E-state index in [1.54, 1.807) is 14.0 Å². The molecule has 3 N–H and O–H groups in total. The molecular formula is C11H16N2O4. The number of hydrogen-bond acceptors (Lipinski definition) is 5. The summed E-state index contributed by atoms with van der Waals surface area (Å²) in [6.45, 7) is 1.91. The molecule has 1 rings (SSSR count). The molecule has 0 aliphatic heterocycles. The molecule has 0 fully saturated rings. The van der Waals surface area contributed by atoms with Gasteiger partial charge in [0.25, 0.3) is 5.69 Å². The first-order valence-corrected chi connectivity index (χ1v) is 5.23. The van der Waals surface area contributed by atoms with Gasteiger partial charge in [0, 0.05) is 18.7 Å². The summed E-state index contributed by atoms with van der Waals surface area (Å²) < 4.78 is 0. The molecule has 0 bridgehead atoms. The van der Waals surface area contributed by atoms with Gasteiger partial charge in [-0.2, -0.15) is 0 Å². The number of aliphatic hydroxyl groups excluding tert-OH is 2. The van der Waals surface area contributed by atoms with E-state index in [2.05, 4.69) is 5.32 Å². The predicted molar refractivity (Wildman–Crippen MR) is 62.7 cm³/mol. The Labute approximate surface area is 99.0 Å². The second-order valence-electron chi connectivity index (χ2n) is 3.87. The highest BCUT2D eigenvalue weighted by molar-refractivity contribution is 5.40. The van der Waals surface area contributed by atoms with Crippen LogP contribution >= 0.6 is 0 Å². The number of nitro benzene ring substituents is 1. The van der Waals surface area contributed by atoms with Crippen molar-refractivity contribution in [1.82, 2.24) is 5.32 Å². The van der Waals surface area contributed by atoms with E-state index in [1.807, 2.05) is 0 Å². The van der Waals surface area contributed by atoms with Gasteiger partial charge in [-0.3, -0.25) is 10.1 Å². The number of rotatable bonds is 5. The number of benzene rings is 1. The maximum absolute atomic E-state index is 10.6. The fourth-order valence-corrected chi connectivity index (χ4v) is 1.63. The van der Waals surface area contributed by atoms with Gasteiger partial charge < -0.3 is 15.5 Å². The molecule has 1 aromatic carbocycles. The minimum absolute atomic E-state index is 0.0263. The van der Waals surface area contributed by atoms with Crippen molar-refractivity contribution in [3.05, 3.63) is 39.4 Å². The van der Waals surface area contributed by atoms with Gasteiger partial charge in [-0.05, 0) is 31.2 Å². The third-order valence-electron chi connectivity index (χ3n) is 2.56. The zero-order valence-corrected chi connectivity index (χ0v) is 9.75. The van der Waals surface area contributed by atoms with Crippen molar-refractivity contribution >= 4 is 5.69 Å². The molecule has 0 aliphatic rings. The van der Waals surface area contributed by atoms with E-state index in [-0.39, 0.29) is 12.2 Å². The minimum Gasteiger partial charge on any atom is -0.389 e. The molecule has 0 saturated carbocycles. The molecule has 0 heterocycles. The Morgan fingerprint density at radius 2 is 2.12 bits per heavy atom. The number of likely N-dealkylation sites (N-methyl/N-ethyl adjacent to an activating group) is 1. The fourth-order valence-electron chi connectivity index (χ4n) is 1.63. The summed E-state index contributed by atoms with van der Waals surface area (Å²) in [4.78, 5) is 10.1. The lowest BCUT2D eigenvalue weighted by atomic mass is 9.99. The van der Waals surface area contributed by atoms with Gasteiger partial charge in [0.15, 0.2) is 0 Å². The van der Waals surface area contributed by atoms with Gasteiger partial charge in [-0.25, -0.2) is 0 Å². The summed E-state index contributed by atoms with van der Waals surface area (Å²) >= 11 is 0. The number of nitrogens with zero attached hydrogens (tertiary/aromatic N) is 1. The quantitative estimate of drug-likeness (QED) is 0.515. The van der Waals surface area contributed by atoms with E-state index in [0.717, 1.165) is 0 Å². The molecular weight excluding hydrogens is 224 g/mol. The molecule has 0 radical (unpaired) electrons. The highest BCUT2D eigenvalue weighted by atomic mass is 16.6. The summed E-state index contributed by atoms with van der Waals surface area (Å²) in [5.41, 5.74) is 1.06. The van der Waals surface area contributed by atoms with Crippen LogP contribution < -0.4 is 5.32 Å². The van der Waals surface area contributed by atoms with Crippen LogP contribution in [0.4, 0.5) is 5.69 Å². The average Bonchev–Trinajstić information content (AvgIpc) is 2.28. The van der Waals surface area contributed by atoms with Crippen LogP contribution in [0.1, 0.15) is 17.2 Å². The molecule has 6 nitrogen and oxygen atoms in total. The lowest BCUT2D eigenvalue weighted by Crippen LogP contribution is -2.29. The topological polar surface area (TPSA) is 95.6 Å². The molecule has 0 aliphatic carbocycles. The standard InChI is InChI=1S/C11H16N2O4/c1-7-5-8(13(16)17)3-4-9(7)11(15)10(14)6-12-2/h3-5,10-12,14-15H,6H2,1-2H3. The Bertz CT molecular complexity index is 408. The summed E-state index contributed by atoms with van der Waals surface area (Å²) in [6, 6.07) is 4.17. The molecule has 2 unspecified atom stereocenters. The molecule has 94 valence electrons. The third kappa shape index (κ3) is 3.23. The van der Waals surface area contributed by atoms with Gasteiger partial charge in [-0.15, -0.1) is 0 Å². The van der Waals surface area contributed by atoms with Crippen LogP contribution in [0.5, 0.6) is 0 Å². The summed E-state index contributed by atoms with van der Waals surface area (Å²) in [5, 5.41) is 32.8. The predicted octanol–water partition coefficient (Wildman–Crippen LogP) is 0.517. The first-order chi connectivity index (χ1) is 7.97. The van der Waals surface area contributed by atoms with Gasteiger partial charge in [0.2, 0.25) is 0 Å². The molecule has 6 heteroatoms. The van der Waals surface area contributed by atoms with Crippen molar-refractivity contribution in [3.8, 4) is 0 Å². The van der Waals surface area contributed by atoms with E-state index < -0.39 is 17.1 Å². The zero-order valence-electron chi connectivity index (χ0n) is 9.75. The van der Waals surface area contributed by atoms with Gasteiger partial charge in [0.1, 0.15) is 6.10 Å². The van der Waals surface area contributed by atoms with Gasteiger partial charge in [-0.1, -0.05) is 0 Å². The van der Waals surface area contributed by atoms with Crippen molar-refractivity contribution in [2.24, 2.45) is 0 Å². The van der Waals surface area contributed by atoms with Crippen molar-refractivity contribution in [2.75, 3.05) is 13.6 Å². The smallest absolute Gasteiger partial charge is 0.269 e. The van der Waals surface area contributed by atoms with Crippen LogP contribution in [-0.2, 0) is 0 Å². The normalized spacial score (nSPS) is 14.4. The molecule has 0 saturated heterocycles. The van der Waals surface area contributed by atoms with Crippen LogP contribution in [0.3, 0.4) is 0 Å². The van der Waals surface area contributed by atoms with Gasteiger partial charge in [0.05, 0.1) is 11.0 Å². The van der Waals surface area contributed by atoms with Crippen LogP contribution in [-0.4, -0.2) is 34.8 Å². The second kappa shape index (κ2) is 5.72. The number of non-ortho nitro benzene ring substituents is 1. The summed E-state index contributed by atoms with van der Waals surface area (Å²) in [5.74, 6) is 0. The summed E-state index contributed by atoms with van der Waals surface area (Å²) in [6.07, 6.45) is -2.00. The highest BCUT2D eigenvalue weighted by Crippen LogP contribution is 2.24. The van der Waals surface area contributed by atoms with Crippen molar-refractivity contribution in [2.45, 2.75) is 19.1 Å². The zero-order chi connectivity index (χ0) is 13.0. The molecule has 0 aromatic heterocycles. The maximum atomic E-state index is 10.6. The lowest BCUT2D eigenvalue weighted by Gasteiger charge is -2.19. The Morgan fingerprint density at radius 1 is 1.47 bits per heavy atom. The SMILES string of the molecule is CNCC(O)C(O)c1ccc([N+](=O)[O-])cc1C. The van der Waals surface area contributed by atoms with E-state index in [0.29, 0.717) is 11.1 Å². The molecule has 0 amide bonds. The maximum Gasteiger partial charge on any atom is 0.269 e. The van der Waals surface area contributed by atoms with Crippen molar-refractivity contribution < 1.29 is 15.1 Å². The number of hydrogen-bond donors (Lipinski definition) is 3. The lowest BCUT2D eigenvalue weighted by molar-refractivity contribution is -0.384. The number of nitro groups is 1. The number of aliphatic hydroxyl groups is 2. The Hall–Kier alpha value is -1.50. The van der Waals surface area contributed by atoms with Crippen LogP contribution in [0.2, 0.25) is 0 Å². The monoisotopic (exact) mass is 240 g/mol. The molecule has 1 aromatic rings. The molecule has 2 atom stereocenters. The van der Waals surface area contributed by atoms with Crippen molar-refractivity contribution in [1.29, 1.82) is 0 Å². The first-order valence-electron chi connectivity index (χ1n) is 5.23. The van der Waals surface area contributed by atoms with Crippen LogP contribution in [0.15, 0.2) is 18.2 Å². The highest BCUT2D eigenvalue weighted by Gasteiger charge is 2.20. The number of nitrogens with one attached hydrogen (secondary N) is 1. The van der Waals surface area contributed by atoms with Crippen molar-refractivity contribution in [3.63, 3.8) is 0 Å². The van der Waals surface area contributed by atoms with E-state index in [9.17, 15) is 20.3 Å². The summed E-state index contributed by atoms with van der Waals surface area (Å²) in [7, 11) is 1.67. The largest absolute Gasteiger partial charge is 0.389 e. The molecule has 17 heavy (non-hydrogen) atoms. The molecule has 0 spiro atoms.